The standard InChI is InChI=1S/C16H18FNOS/c1-9-6-7-11(8-9)18-16(19)15-10(2)14-12(17)4-3-5-13(14)20-15/h3-5,9,11H,6-8H2,1-2H3,(H,18,19). The van der Waals surface area contributed by atoms with Gasteiger partial charge >= 0.3 is 0 Å². The van der Waals surface area contributed by atoms with Gasteiger partial charge in [-0.05, 0) is 49.8 Å². The molecule has 1 aliphatic rings. The Labute approximate surface area is 122 Å². The molecule has 1 aromatic heterocycles. The Kier molecular flexibility index (Phi) is 3.50. The molecule has 1 aromatic carbocycles. The normalized spacial score (nSPS) is 22.4. The SMILES string of the molecule is Cc1c(C(=O)NC2CCC(C)C2)sc2cccc(F)c12. The highest BCUT2D eigenvalue weighted by molar-refractivity contribution is 7.21. The Morgan fingerprint density at radius 3 is 2.85 bits per heavy atom. The number of hydrogen-bond acceptors (Lipinski definition) is 2. The molecule has 0 aliphatic heterocycles. The molecule has 2 nitrogen and oxygen atoms in total. The first kappa shape index (κ1) is 13.6. The molecule has 1 N–H and O–H groups in total. The first-order chi connectivity index (χ1) is 9.56. The zero-order valence-corrected chi connectivity index (χ0v) is 12.5. The van der Waals surface area contributed by atoms with E-state index in [1.165, 1.54) is 23.8 Å². The smallest absolute Gasteiger partial charge is 0.261 e. The quantitative estimate of drug-likeness (QED) is 0.879. The second-order valence-corrected chi connectivity index (χ2v) is 6.81. The lowest BCUT2D eigenvalue weighted by Gasteiger charge is -2.11. The third-order valence-corrected chi connectivity index (χ3v) is 5.40. The summed E-state index contributed by atoms with van der Waals surface area (Å²) in [6.07, 6.45) is 3.26. The van der Waals surface area contributed by atoms with Gasteiger partial charge in [0, 0.05) is 16.1 Å². The molecule has 3 rings (SSSR count). The van der Waals surface area contributed by atoms with Crippen molar-refractivity contribution in [3.8, 4) is 0 Å². The molecule has 1 fully saturated rings. The fourth-order valence-electron chi connectivity index (χ4n) is 3.06. The van der Waals surface area contributed by atoms with E-state index < -0.39 is 0 Å². The second-order valence-electron chi connectivity index (χ2n) is 5.76. The van der Waals surface area contributed by atoms with E-state index in [1.807, 2.05) is 13.0 Å². The van der Waals surface area contributed by atoms with Crippen molar-refractivity contribution in [2.24, 2.45) is 5.92 Å². The third kappa shape index (κ3) is 2.33. The maximum absolute atomic E-state index is 13.9. The average molecular weight is 291 g/mol. The molecule has 20 heavy (non-hydrogen) atoms. The lowest BCUT2D eigenvalue weighted by atomic mass is 10.1. The van der Waals surface area contributed by atoms with Crippen LogP contribution in [0.2, 0.25) is 0 Å². The maximum Gasteiger partial charge on any atom is 0.261 e. The van der Waals surface area contributed by atoms with Crippen molar-refractivity contribution in [1.29, 1.82) is 0 Å². The van der Waals surface area contributed by atoms with Crippen LogP contribution in [0, 0.1) is 18.7 Å². The number of hydrogen-bond donors (Lipinski definition) is 1. The minimum absolute atomic E-state index is 0.0535. The lowest BCUT2D eigenvalue weighted by Crippen LogP contribution is -2.32. The number of aryl methyl sites for hydroxylation is 1. The van der Waals surface area contributed by atoms with Crippen LogP contribution in [-0.4, -0.2) is 11.9 Å². The van der Waals surface area contributed by atoms with Gasteiger partial charge in [0.05, 0.1) is 4.88 Å². The van der Waals surface area contributed by atoms with Gasteiger partial charge in [0.1, 0.15) is 5.82 Å². The van der Waals surface area contributed by atoms with Crippen LogP contribution >= 0.6 is 11.3 Å². The third-order valence-electron chi connectivity index (χ3n) is 4.14. The van der Waals surface area contributed by atoms with Crippen molar-refractivity contribution in [1.82, 2.24) is 5.32 Å². The lowest BCUT2D eigenvalue weighted by molar-refractivity contribution is 0.0941. The van der Waals surface area contributed by atoms with Gasteiger partial charge in [-0.25, -0.2) is 4.39 Å². The van der Waals surface area contributed by atoms with Crippen LogP contribution < -0.4 is 5.32 Å². The van der Waals surface area contributed by atoms with Crippen molar-refractivity contribution in [2.45, 2.75) is 39.2 Å². The van der Waals surface area contributed by atoms with Gasteiger partial charge in [0.25, 0.3) is 5.91 Å². The van der Waals surface area contributed by atoms with E-state index in [-0.39, 0.29) is 17.8 Å². The summed E-state index contributed by atoms with van der Waals surface area (Å²) in [4.78, 5) is 13.0. The molecule has 106 valence electrons. The zero-order chi connectivity index (χ0) is 14.3. The van der Waals surface area contributed by atoms with E-state index in [9.17, 15) is 9.18 Å². The average Bonchev–Trinajstić information content (AvgIpc) is 2.95. The highest BCUT2D eigenvalue weighted by Gasteiger charge is 2.25. The fourth-order valence-corrected chi connectivity index (χ4v) is 4.19. The molecular weight excluding hydrogens is 273 g/mol. The molecule has 1 amide bonds. The Bertz CT molecular complexity index is 664. The Morgan fingerprint density at radius 2 is 2.20 bits per heavy atom. The summed E-state index contributed by atoms with van der Waals surface area (Å²) in [5.74, 6) is 0.383. The van der Waals surface area contributed by atoms with Crippen LogP contribution in [0.25, 0.3) is 10.1 Å². The first-order valence-electron chi connectivity index (χ1n) is 7.04. The fraction of sp³-hybridized carbons (Fsp3) is 0.438. The van der Waals surface area contributed by atoms with E-state index >= 15 is 0 Å². The zero-order valence-electron chi connectivity index (χ0n) is 11.7. The second kappa shape index (κ2) is 5.17. The van der Waals surface area contributed by atoms with Crippen molar-refractivity contribution < 1.29 is 9.18 Å². The van der Waals surface area contributed by atoms with E-state index in [2.05, 4.69) is 12.2 Å². The minimum atomic E-state index is -0.246. The summed E-state index contributed by atoms with van der Waals surface area (Å²) < 4.78 is 14.7. The van der Waals surface area contributed by atoms with Crippen LogP contribution in [0.5, 0.6) is 0 Å². The molecule has 0 spiro atoms. The first-order valence-corrected chi connectivity index (χ1v) is 7.86. The number of benzene rings is 1. The topological polar surface area (TPSA) is 29.1 Å². The number of carbonyl (C=O) groups is 1. The maximum atomic E-state index is 13.9. The van der Waals surface area contributed by atoms with Gasteiger partial charge in [-0.2, -0.15) is 0 Å². The number of carbonyl (C=O) groups excluding carboxylic acids is 1. The molecule has 1 heterocycles. The van der Waals surface area contributed by atoms with E-state index in [4.69, 9.17) is 0 Å². The van der Waals surface area contributed by atoms with Crippen LogP contribution in [-0.2, 0) is 0 Å². The van der Waals surface area contributed by atoms with Crippen LogP contribution in [0.15, 0.2) is 18.2 Å². The molecule has 2 atom stereocenters. The molecule has 0 radical (unpaired) electrons. The van der Waals surface area contributed by atoms with Crippen LogP contribution in [0.4, 0.5) is 4.39 Å². The van der Waals surface area contributed by atoms with Crippen LogP contribution in [0.1, 0.15) is 41.4 Å². The number of rotatable bonds is 2. The van der Waals surface area contributed by atoms with Gasteiger partial charge < -0.3 is 5.32 Å². The summed E-state index contributed by atoms with van der Waals surface area (Å²) in [5, 5.41) is 3.68. The monoisotopic (exact) mass is 291 g/mol. The molecule has 1 aliphatic carbocycles. The molecule has 0 saturated heterocycles. The summed E-state index contributed by atoms with van der Waals surface area (Å²) in [5.41, 5.74) is 0.756. The van der Waals surface area contributed by atoms with E-state index in [1.54, 1.807) is 6.07 Å². The number of nitrogens with one attached hydrogen (secondary N) is 1. The number of thiophene rings is 1. The Hall–Kier alpha value is -1.42. The predicted molar refractivity (Wildman–Crippen MR) is 80.8 cm³/mol. The number of amides is 1. The summed E-state index contributed by atoms with van der Waals surface area (Å²) >= 11 is 1.38. The largest absolute Gasteiger partial charge is 0.349 e. The molecule has 2 aromatic rings. The van der Waals surface area contributed by atoms with Crippen molar-refractivity contribution in [3.63, 3.8) is 0 Å². The van der Waals surface area contributed by atoms with Gasteiger partial charge in [0.15, 0.2) is 0 Å². The summed E-state index contributed by atoms with van der Waals surface area (Å²) in [7, 11) is 0. The van der Waals surface area contributed by atoms with Crippen LogP contribution in [0.3, 0.4) is 0 Å². The van der Waals surface area contributed by atoms with E-state index in [0.717, 1.165) is 23.1 Å². The molecular formula is C16H18FNOS. The highest BCUT2D eigenvalue weighted by atomic mass is 32.1. The minimum Gasteiger partial charge on any atom is -0.349 e. The number of fused-ring (bicyclic) bond motifs is 1. The number of halogens is 1. The Morgan fingerprint density at radius 1 is 1.40 bits per heavy atom. The van der Waals surface area contributed by atoms with Crippen molar-refractivity contribution >= 4 is 27.3 Å². The van der Waals surface area contributed by atoms with E-state index in [0.29, 0.717) is 16.2 Å². The van der Waals surface area contributed by atoms with Gasteiger partial charge in [-0.1, -0.05) is 13.0 Å². The van der Waals surface area contributed by atoms with Gasteiger partial charge in [-0.3, -0.25) is 4.79 Å². The summed E-state index contributed by atoms with van der Waals surface area (Å²) in [6.45, 7) is 4.04. The molecule has 1 saturated carbocycles. The van der Waals surface area contributed by atoms with Gasteiger partial charge in [-0.15, -0.1) is 11.3 Å². The Balaban J connectivity index is 1.88. The molecule has 4 heteroatoms. The van der Waals surface area contributed by atoms with Crippen molar-refractivity contribution in [3.05, 3.63) is 34.5 Å². The summed E-state index contributed by atoms with van der Waals surface area (Å²) in [6, 6.07) is 5.27. The van der Waals surface area contributed by atoms with Crippen molar-refractivity contribution in [2.75, 3.05) is 0 Å². The molecule has 2 unspecified atom stereocenters. The van der Waals surface area contributed by atoms with Gasteiger partial charge in [0.2, 0.25) is 0 Å². The highest BCUT2D eigenvalue weighted by Crippen LogP contribution is 2.33. The molecule has 0 bridgehead atoms. The predicted octanol–water partition coefficient (Wildman–Crippen LogP) is 4.27.